The summed E-state index contributed by atoms with van der Waals surface area (Å²) < 4.78 is 46.9. The molecule has 0 amide bonds. The molecule has 1 unspecified atom stereocenters. The Labute approximate surface area is 152 Å². The van der Waals surface area contributed by atoms with Gasteiger partial charge >= 0.3 is 6.18 Å². The highest BCUT2D eigenvalue weighted by atomic mass is 35.5. The van der Waals surface area contributed by atoms with Gasteiger partial charge in [0.05, 0.1) is 17.4 Å². The average Bonchev–Trinajstić information content (AvgIpc) is 3.21. The highest BCUT2D eigenvalue weighted by molar-refractivity contribution is 6.30. The van der Waals surface area contributed by atoms with E-state index >= 15 is 0 Å². The first-order valence-corrected chi connectivity index (χ1v) is 8.08. The van der Waals surface area contributed by atoms with Gasteiger partial charge in [0.2, 0.25) is 0 Å². The van der Waals surface area contributed by atoms with E-state index in [0.29, 0.717) is 17.3 Å². The van der Waals surface area contributed by atoms with Gasteiger partial charge < -0.3 is 9.84 Å². The van der Waals surface area contributed by atoms with Crippen molar-refractivity contribution in [3.05, 3.63) is 47.0 Å². The smallest absolute Gasteiger partial charge is 0.334 e. The predicted molar refractivity (Wildman–Crippen MR) is 89.1 cm³/mol. The van der Waals surface area contributed by atoms with Gasteiger partial charge in [-0.05, 0) is 38.2 Å². The zero-order chi connectivity index (χ0) is 18.9. The highest BCUT2D eigenvalue weighted by Crippen LogP contribution is 2.38. The third-order valence-electron chi connectivity index (χ3n) is 3.79. The van der Waals surface area contributed by atoms with Crippen molar-refractivity contribution >= 4 is 11.6 Å². The first kappa shape index (κ1) is 18.4. The first-order chi connectivity index (χ1) is 12.3. The Balaban J connectivity index is 2.04. The molecule has 10 heteroatoms. The van der Waals surface area contributed by atoms with Gasteiger partial charge in [0.25, 0.3) is 5.89 Å². The molecule has 0 saturated heterocycles. The number of hydrogen-bond donors (Lipinski definition) is 1. The van der Waals surface area contributed by atoms with Gasteiger partial charge in [0.1, 0.15) is 0 Å². The minimum absolute atomic E-state index is 0.0549. The number of rotatable bonds is 5. The molecule has 0 aliphatic carbocycles. The molecule has 138 valence electrons. The molecular formula is C16H15ClF3N5O. The number of halogens is 4. The van der Waals surface area contributed by atoms with Crippen LogP contribution in [-0.4, -0.2) is 33.0 Å². The fourth-order valence-electron chi connectivity index (χ4n) is 2.38. The van der Waals surface area contributed by atoms with Crippen LogP contribution in [0.4, 0.5) is 13.2 Å². The largest absolute Gasteiger partial charge is 0.434 e. The third-order valence-corrected chi connectivity index (χ3v) is 4.04. The zero-order valence-corrected chi connectivity index (χ0v) is 14.6. The van der Waals surface area contributed by atoms with E-state index in [1.165, 1.54) is 24.3 Å². The normalized spacial score (nSPS) is 13.2. The first-order valence-electron chi connectivity index (χ1n) is 7.71. The molecule has 0 saturated carbocycles. The van der Waals surface area contributed by atoms with Gasteiger partial charge in [-0.2, -0.15) is 23.3 Å². The number of nitrogens with zero attached hydrogens (tertiary/aromatic N) is 4. The molecule has 0 spiro atoms. The monoisotopic (exact) mass is 385 g/mol. The number of aromatic nitrogens is 4. The van der Waals surface area contributed by atoms with E-state index < -0.39 is 11.9 Å². The second-order valence-corrected chi connectivity index (χ2v) is 6.14. The van der Waals surface area contributed by atoms with Crippen LogP contribution in [0.5, 0.6) is 0 Å². The summed E-state index contributed by atoms with van der Waals surface area (Å²) in [5, 5.41) is 11.0. The van der Waals surface area contributed by atoms with Crippen molar-refractivity contribution < 1.29 is 17.7 Å². The molecule has 3 aromatic rings. The van der Waals surface area contributed by atoms with Crippen molar-refractivity contribution in [3.63, 3.8) is 0 Å². The van der Waals surface area contributed by atoms with Gasteiger partial charge in [0, 0.05) is 17.5 Å². The number of alkyl halides is 3. The summed E-state index contributed by atoms with van der Waals surface area (Å²) in [4.78, 5) is 4.07. The molecule has 0 radical (unpaired) electrons. The summed E-state index contributed by atoms with van der Waals surface area (Å²) in [5.41, 5.74) is -1.04. The van der Waals surface area contributed by atoms with E-state index in [1.54, 1.807) is 7.05 Å². The molecular weight excluding hydrogens is 371 g/mol. The quantitative estimate of drug-likeness (QED) is 0.724. The van der Waals surface area contributed by atoms with E-state index in [-0.39, 0.29) is 23.2 Å². The van der Waals surface area contributed by atoms with E-state index in [1.807, 2.05) is 6.92 Å². The van der Waals surface area contributed by atoms with Gasteiger partial charge in [-0.1, -0.05) is 16.8 Å². The molecule has 2 heterocycles. The van der Waals surface area contributed by atoms with Crippen LogP contribution in [0.15, 0.2) is 35.0 Å². The summed E-state index contributed by atoms with van der Waals surface area (Å²) in [7, 11) is 1.77. The maximum Gasteiger partial charge on any atom is 0.434 e. The summed E-state index contributed by atoms with van der Waals surface area (Å²) in [6.07, 6.45) is -3.18. The van der Waals surface area contributed by atoms with Crippen molar-refractivity contribution in [3.8, 4) is 17.1 Å². The lowest BCUT2D eigenvalue weighted by Gasteiger charge is -2.11. The minimum Gasteiger partial charge on any atom is -0.334 e. The van der Waals surface area contributed by atoms with Gasteiger partial charge in [0.15, 0.2) is 11.5 Å². The molecule has 1 atom stereocenters. The predicted octanol–water partition coefficient (Wildman–Crippen LogP) is 3.74. The summed E-state index contributed by atoms with van der Waals surface area (Å²) in [5.74, 6) is 0.0880. The molecule has 1 N–H and O–H groups in total. The van der Waals surface area contributed by atoms with Crippen molar-refractivity contribution in [2.24, 2.45) is 0 Å². The Morgan fingerprint density at radius 3 is 2.58 bits per heavy atom. The van der Waals surface area contributed by atoms with Crippen LogP contribution < -0.4 is 5.32 Å². The minimum atomic E-state index is -4.67. The van der Waals surface area contributed by atoms with Gasteiger partial charge in [-0.3, -0.25) is 0 Å². The zero-order valence-electron chi connectivity index (χ0n) is 13.9. The van der Waals surface area contributed by atoms with Gasteiger partial charge in [-0.25, -0.2) is 4.68 Å². The van der Waals surface area contributed by atoms with E-state index in [2.05, 4.69) is 20.6 Å². The van der Waals surface area contributed by atoms with Crippen LogP contribution >= 0.6 is 11.6 Å². The Hall–Kier alpha value is -2.39. The second kappa shape index (κ2) is 7.08. The Morgan fingerprint density at radius 1 is 1.27 bits per heavy atom. The topological polar surface area (TPSA) is 68.8 Å². The van der Waals surface area contributed by atoms with E-state index in [9.17, 15) is 13.2 Å². The molecule has 1 aromatic carbocycles. The highest BCUT2D eigenvalue weighted by Gasteiger charge is 2.40. The standard InChI is InChI=1S/C16H15ClF3N5O/c1-9(21-2)7-13-23-15(26-24-13)12-8-22-25(14(12)16(18,19)20)11-5-3-10(17)4-6-11/h3-6,8-9,21H,7H2,1-2H3. The molecule has 0 fully saturated rings. The lowest BCUT2D eigenvalue weighted by atomic mass is 10.2. The van der Waals surface area contributed by atoms with Crippen molar-refractivity contribution in [1.29, 1.82) is 0 Å². The summed E-state index contributed by atoms with van der Waals surface area (Å²) >= 11 is 5.80. The number of hydrogen-bond acceptors (Lipinski definition) is 5. The summed E-state index contributed by atoms with van der Waals surface area (Å²) in [6, 6.07) is 5.93. The summed E-state index contributed by atoms with van der Waals surface area (Å²) in [6.45, 7) is 1.90. The second-order valence-electron chi connectivity index (χ2n) is 5.70. The number of likely N-dealkylation sites (N-methyl/N-ethyl adjacent to an activating group) is 1. The maximum absolute atomic E-state index is 13.7. The van der Waals surface area contributed by atoms with Crippen LogP contribution in [-0.2, 0) is 12.6 Å². The molecule has 2 aromatic heterocycles. The SMILES string of the molecule is CNC(C)Cc1noc(-c2cnn(-c3ccc(Cl)cc3)c2C(F)(F)F)n1. The number of benzene rings is 1. The maximum atomic E-state index is 13.7. The average molecular weight is 386 g/mol. The molecule has 0 aliphatic rings. The fraction of sp³-hybridized carbons (Fsp3) is 0.312. The Kier molecular flexibility index (Phi) is 5.01. The van der Waals surface area contributed by atoms with Crippen LogP contribution in [0.2, 0.25) is 5.02 Å². The van der Waals surface area contributed by atoms with Crippen LogP contribution in [0, 0.1) is 0 Å². The van der Waals surface area contributed by atoms with Crippen LogP contribution in [0.25, 0.3) is 17.1 Å². The van der Waals surface area contributed by atoms with Crippen LogP contribution in [0.1, 0.15) is 18.4 Å². The van der Waals surface area contributed by atoms with Crippen molar-refractivity contribution in [2.45, 2.75) is 25.6 Å². The Bertz CT molecular complexity index is 888. The molecule has 0 bridgehead atoms. The number of nitrogens with one attached hydrogen (secondary N) is 1. The van der Waals surface area contributed by atoms with Gasteiger partial charge in [-0.15, -0.1) is 0 Å². The molecule has 0 aliphatic heterocycles. The lowest BCUT2D eigenvalue weighted by Crippen LogP contribution is -2.24. The van der Waals surface area contributed by atoms with E-state index in [4.69, 9.17) is 16.1 Å². The van der Waals surface area contributed by atoms with Crippen LogP contribution in [0.3, 0.4) is 0 Å². The van der Waals surface area contributed by atoms with E-state index in [0.717, 1.165) is 10.9 Å². The molecule has 3 rings (SSSR count). The molecule has 6 nitrogen and oxygen atoms in total. The Morgan fingerprint density at radius 2 is 1.96 bits per heavy atom. The fourth-order valence-corrected chi connectivity index (χ4v) is 2.50. The van der Waals surface area contributed by atoms with Crippen molar-refractivity contribution in [2.75, 3.05) is 7.05 Å². The third kappa shape index (κ3) is 3.73. The molecule has 26 heavy (non-hydrogen) atoms. The lowest BCUT2D eigenvalue weighted by molar-refractivity contribution is -0.142. The van der Waals surface area contributed by atoms with Crippen molar-refractivity contribution in [1.82, 2.24) is 25.2 Å².